The van der Waals surface area contributed by atoms with Crippen LogP contribution in [0.3, 0.4) is 0 Å². The van der Waals surface area contributed by atoms with Crippen molar-refractivity contribution in [2.75, 3.05) is 0 Å². The maximum absolute atomic E-state index is 11.9. The Morgan fingerprint density at radius 1 is 1.17 bits per heavy atom. The summed E-state index contributed by atoms with van der Waals surface area (Å²) in [4.78, 5) is 35.1. The van der Waals surface area contributed by atoms with E-state index in [9.17, 15) is 14.7 Å². The summed E-state index contributed by atoms with van der Waals surface area (Å²) in [5, 5.41) is 11.9. The lowest BCUT2D eigenvalue weighted by molar-refractivity contribution is 0.0696. The number of hydrogen-bond acceptors (Lipinski definition) is 5. The van der Waals surface area contributed by atoms with E-state index in [1.165, 1.54) is 31.0 Å². The summed E-state index contributed by atoms with van der Waals surface area (Å²) < 4.78 is 1.60. The standard InChI is InChI=1S/C16H13N5O3/c22-15(13-8-17-5-6-18-13)19-7-11-9-21(10-20-11)14-4-2-1-3-12(14)16(23)24/h1-6,8-10H,7H2,(H,19,22)(H,23,24). The van der Waals surface area contributed by atoms with Crippen molar-refractivity contribution in [1.29, 1.82) is 0 Å². The molecule has 0 radical (unpaired) electrons. The number of nitrogens with zero attached hydrogens (tertiary/aromatic N) is 4. The van der Waals surface area contributed by atoms with Crippen LogP contribution in [-0.4, -0.2) is 36.5 Å². The average Bonchev–Trinajstić information content (AvgIpc) is 3.09. The monoisotopic (exact) mass is 323 g/mol. The van der Waals surface area contributed by atoms with E-state index in [1.807, 2.05) is 0 Å². The molecule has 3 rings (SSSR count). The van der Waals surface area contributed by atoms with E-state index < -0.39 is 5.97 Å². The Kier molecular flexibility index (Phi) is 4.28. The molecule has 1 aromatic carbocycles. The van der Waals surface area contributed by atoms with Gasteiger partial charge in [-0.25, -0.2) is 14.8 Å². The quantitative estimate of drug-likeness (QED) is 0.732. The number of carboxylic acid groups (broad SMARTS) is 1. The van der Waals surface area contributed by atoms with Crippen LogP contribution in [0, 0.1) is 0 Å². The van der Waals surface area contributed by atoms with Crippen LogP contribution >= 0.6 is 0 Å². The molecule has 0 saturated carbocycles. The van der Waals surface area contributed by atoms with Gasteiger partial charge in [0.05, 0.1) is 36.0 Å². The predicted octanol–water partition coefficient (Wildman–Crippen LogP) is 1.29. The lowest BCUT2D eigenvalue weighted by Crippen LogP contribution is -2.24. The second kappa shape index (κ2) is 6.69. The molecule has 0 unspecified atom stereocenters. The molecule has 24 heavy (non-hydrogen) atoms. The maximum atomic E-state index is 11.9. The van der Waals surface area contributed by atoms with Gasteiger partial charge in [0.1, 0.15) is 5.69 Å². The first-order valence-electron chi connectivity index (χ1n) is 7.05. The Morgan fingerprint density at radius 3 is 2.75 bits per heavy atom. The lowest BCUT2D eigenvalue weighted by atomic mass is 10.2. The second-order valence-corrected chi connectivity index (χ2v) is 4.87. The number of para-hydroxylation sites is 1. The zero-order chi connectivity index (χ0) is 16.9. The number of imidazole rings is 1. The van der Waals surface area contributed by atoms with Gasteiger partial charge in [0.2, 0.25) is 0 Å². The van der Waals surface area contributed by atoms with E-state index in [0.29, 0.717) is 11.4 Å². The molecule has 1 amide bonds. The molecule has 8 nitrogen and oxygen atoms in total. The number of aromatic nitrogens is 4. The number of carbonyl (C=O) groups is 2. The Labute approximate surface area is 136 Å². The van der Waals surface area contributed by atoms with Crippen LogP contribution in [0.1, 0.15) is 26.5 Å². The van der Waals surface area contributed by atoms with E-state index in [1.54, 1.807) is 29.0 Å². The summed E-state index contributed by atoms with van der Waals surface area (Å²) in [5.41, 5.74) is 1.48. The largest absolute Gasteiger partial charge is 0.478 e. The first kappa shape index (κ1) is 15.3. The highest BCUT2D eigenvalue weighted by molar-refractivity contribution is 5.92. The molecule has 0 fully saturated rings. The smallest absolute Gasteiger partial charge is 0.337 e. The summed E-state index contributed by atoms with van der Waals surface area (Å²) >= 11 is 0. The van der Waals surface area contributed by atoms with Crippen LogP contribution in [0.4, 0.5) is 0 Å². The predicted molar refractivity (Wildman–Crippen MR) is 83.7 cm³/mol. The molecule has 0 spiro atoms. The maximum Gasteiger partial charge on any atom is 0.337 e. The fourth-order valence-corrected chi connectivity index (χ4v) is 2.14. The van der Waals surface area contributed by atoms with E-state index >= 15 is 0 Å². The molecular formula is C16H13N5O3. The summed E-state index contributed by atoms with van der Waals surface area (Å²) in [7, 11) is 0. The third-order valence-electron chi connectivity index (χ3n) is 3.27. The van der Waals surface area contributed by atoms with Crippen molar-refractivity contribution in [3.63, 3.8) is 0 Å². The Balaban J connectivity index is 1.73. The van der Waals surface area contributed by atoms with Crippen molar-refractivity contribution in [1.82, 2.24) is 24.8 Å². The fraction of sp³-hybridized carbons (Fsp3) is 0.0625. The van der Waals surface area contributed by atoms with Gasteiger partial charge < -0.3 is 15.0 Å². The van der Waals surface area contributed by atoms with E-state index in [-0.39, 0.29) is 23.7 Å². The minimum Gasteiger partial charge on any atom is -0.478 e. The van der Waals surface area contributed by atoms with Gasteiger partial charge in [0.15, 0.2) is 0 Å². The minimum atomic E-state index is -1.02. The van der Waals surface area contributed by atoms with Gasteiger partial charge in [-0.2, -0.15) is 0 Å². The van der Waals surface area contributed by atoms with Crippen LogP contribution in [0.5, 0.6) is 0 Å². The molecule has 0 aliphatic heterocycles. The van der Waals surface area contributed by atoms with Gasteiger partial charge in [-0.15, -0.1) is 0 Å². The summed E-state index contributed by atoms with van der Waals surface area (Å²) in [6.07, 6.45) is 7.46. The first-order valence-corrected chi connectivity index (χ1v) is 7.05. The minimum absolute atomic E-state index is 0.171. The number of nitrogens with one attached hydrogen (secondary N) is 1. The summed E-state index contributed by atoms with van der Waals surface area (Å²) in [6.45, 7) is 0.192. The molecule has 2 aromatic heterocycles. The van der Waals surface area contributed by atoms with E-state index in [2.05, 4.69) is 20.3 Å². The number of carboxylic acids is 1. The summed E-state index contributed by atoms with van der Waals surface area (Å²) in [5.74, 6) is -1.37. The lowest BCUT2D eigenvalue weighted by Gasteiger charge is -2.06. The molecule has 0 saturated heterocycles. The van der Waals surface area contributed by atoms with Crippen molar-refractivity contribution in [2.24, 2.45) is 0 Å². The van der Waals surface area contributed by atoms with Crippen molar-refractivity contribution >= 4 is 11.9 Å². The Morgan fingerprint density at radius 2 is 2.00 bits per heavy atom. The van der Waals surface area contributed by atoms with Crippen LogP contribution in [0.25, 0.3) is 5.69 Å². The van der Waals surface area contributed by atoms with Crippen LogP contribution < -0.4 is 5.32 Å². The third kappa shape index (κ3) is 3.27. The van der Waals surface area contributed by atoms with Gasteiger partial charge in [0, 0.05) is 18.6 Å². The highest BCUT2D eigenvalue weighted by Gasteiger charge is 2.12. The number of amides is 1. The SMILES string of the molecule is O=C(NCc1cn(-c2ccccc2C(=O)O)cn1)c1cnccn1. The molecule has 0 aliphatic rings. The Bertz CT molecular complexity index is 876. The zero-order valence-corrected chi connectivity index (χ0v) is 12.5. The van der Waals surface area contributed by atoms with Gasteiger partial charge >= 0.3 is 5.97 Å². The topological polar surface area (TPSA) is 110 Å². The van der Waals surface area contributed by atoms with Crippen molar-refractivity contribution < 1.29 is 14.7 Å². The van der Waals surface area contributed by atoms with E-state index in [0.717, 1.165) is 0 Å². The molecule has 3 aromatic rings. The average molecular weight is 323 g/mol. The van der Waals surface area contributed by atoms with Gasteiger partial charge in [0.25, 0.3) is 5.91 Å². The Hall–Kier alpha value is -3.55. The number of rotatable bonds is 5. The van der Waals surface area contributed by atoms with Gasteiger partial charge in [-0.3, -0.25) is 9.78 Å². The number of carbonyl (C=O) groups excluding carboxylic acids is 1. The van der Waals surface area contributed by atoms with Crippen molar-refractivity contribution in [3.8, 4) is 5.69 Å². The highest BCUT2D eigenvalue weighted by Crippen LogP contribution is 2.15. The molecule has 2 N–H and O–H groups in total. The number of benzene rings is 1. The molecule has 0 aliphatic carbocycles. The highest BCUT2D eigenvalue weighted by atomic mass is 16.4. The third-order valence-corrected chi connectivity index (χ3v) is 3.27. The fourth-order valence-electron chi connectivity index (χ4n) is 2.14. The normalized spacial score (nSPS) is 10.3. The molecule has 120 valence electrons. The molecular weight excluding hydrogens is 310 g/mol. The van der Waals surface area contributed by atoms with Gasteiger partial charge in [-0.1, -0.05) is 12.1 Å². The molecule has 8 heteroatoms. The van der Waals surface area contributed by atoms with E-state index in [4.69, 9.17) is 0 Å². The molecule has 0 atom stereocenters. The van der Waals surface area contributed by atoms with Crippen LogP contribution in [0.2, 0.25) is 0 Å². The van der Waals surface area contributed by atoms with Crippen molar-refractivity contribution in [3.05, 3.63) is 72.3 Å². The van der Waals surface area contributed by atoms with Crippen LogP contribution in [0.15, 0.2) is 55.4 Å². The van der Waals surface area contributed by atoms with Crippen molar-refractivity contribution in [2.45, 2.75) is 6.54 Å². The summed E-state index contributed by atoms with van der Waals surface area (Å²) in [6, 6.07) is 6.61. The zero-order valence-electron chi connectivity index (χ0n) is 12.5. The molecule has 0 bridgehead atoms. The van der Waals surface area contributed by atoms with Crippen LogP contribution in [-0.2, 0) is 6.54 Å². The second-order valence-electron chi connectivity index (χ2n) is 4.87. The van der Waals surface area contributed by atoms with Gasteiger partial charge in [-0.05, 0) is 12.1 Å². The number of hydrogen-bond donors (Lipinski definition) is 2. The molecule has 2 heterocycles. The first-order chi connectivity index (χ1) is 11.6. The number of aromatic carboxylic acids is 1.